The van der Waals surface area contributed by atoms with Crippen molar-refractivity contribution in [3.8, 4) is 0 Å². The fourth-order valence-electron chi connectivity index (χ4n) is 2.53. The number of hydrogen-bond donors (Lipinski definition) is 0. The van der Waals surface area contributed by atoms with Crippen LogP contribution in [0, 0.1) is 0 Å². The summed E-state index contributed by atoms with van der Waals surface area (Å²) in [5.74, 6) is 0.802. The zero-order valence-corrected chi connectivity index (χ0v) is 12.6. The van der Waals surface area contributed by atoms with E-state index in [1.807, 2.05) is 66.0 Å². The van der Waals surface area contributed by atoms with Gasteiger partial charge in [-0.2, -0.15) is 4.99 Å². The molecule has 1 aromatic heterocycles. The quantitative estimate of drug-likeness (QED) is 0.583. The molecule has 21 heavy (non-hydrogen) atoms. The largest absolute Gasteiger partial charge is 0.341 e. The van der Waals surface area contributed by atoms with Gasteiger partial charge in [-0.05, 0) is 25.0 Å². The van der Waals surface area contributed by atoms with Gasteiger partial charge in [0, 0.05) is 39.6 Å². The van der Waals surface area contributed by atoms with Gasteiger partial charge in [-0.15, -0.1) is 0 Å². The Bertz CT molecular complexity index is 664. The van der Waals surface area contributed by atoms with E-state index in [2.05, 4.69) is 4.90 Å². The second-order valence-electron chi connectivity index (χ2n) is 5.37. The molecule has 1 aromatic carbocycles. The smallest absolute Gasteiger partial charge is 0.229 e. The molecular weight excluding hydrogens is 262 g/mol. The number of aryl methyl sites for hydroxylation is 2. The molecule has 2 aromatic rings. The third-order valence-electron chi connectivity index (χ3n) is 3.72. The monoisotopic (exact) mass is 283 g/mol. The predicted octanol–water partition coefficient (Wildman–Crippen LogP) is 2.05. The van der Waals surface area contributed by atoms with E-state index < -0.39 is 0 Å². The van der Waals surface area contributed by atoms with Gasteiger partial charge in [0.25, 0.3) is 0 Å². The van der Waals surface area contributed by atoms with E-state index in [-0.39, 0.29) is 0 Å². The van der Waals surface area contributed by atoms with Crippen LogP contribution >= 0.6 is 0 Å². The van der Waals surface area contributed by atoms with Crippen LogP contribution in [0.15, 0.2) is 52.7 Å². The molecule has 1 fully saturated rings. The third kappa shape index (κ3) is 3.07. The average Bonchev–Trinajstić information content (AvgIpc) is 3.13. The topological polar surface area (TPSA) is 37.8 Å². The molecule has 0 radical (unpaired) electrons. The van der Waals surface area contributed by atoms with Gasteiger partial charge < -0.3 is 14.0 Å². The number of aromatic nitrogens is 2. The molecule has 0 amide bonds. The van der Waals surface area contributed by atoms with Crippen molar-refractivity contribution in [1.82, 2.24) is 14.0 Å². The Balaban J connectivity index is 2.05. The molecule has 0 N–H and O–H groups in total. The van der Waals surface area contributed by atoms with Crippen molar-refractivity contribution in [3.63, 3.8) is 0 Å². The number of likely N-dealkylation sites (tertiary alicyclic amines) is 1. The van der Waals surface area contributed by atoms with Gasteiger partial charge >= 0.3 is 0 Å². The van der Waals surface area contributed by atoms with Gasteiger partial charge in [-0.1, -0.05) is 18.2 Å². The summed E-state index contributed by atoms with van der Waals surface area (Å²) in [6, 6.07) is 10.0. The van der Waals surface area contributed by atoms with E-state index in [9.17, 15) is 0 Å². The molecule has 5 nitrogen and oxygen atoms in total. The summed E-state index contributed by atoms with van der Waals surface area (Å²) in [7, 11) is 4.01. The first-order valence-corrected chi connectivity index (χ1v) is 7.35. The summed E-state index contributed by atoms with van der Waals surface area (Å²) < 4.78 is 4.02. The second kappa shape index (κ2) is 5.99. The molecule has 3 rings (SSSR count). The lowest BCUT2D eigenvalue weighted by molar-refractivity contribution is 0.510. The van der Waals surface area contributed by atoms with Crippen LogP contribution < -0.4 is 5.62 Å². The van der Waals surface area contributed by atoms with Crippen molar-refractivity contribution in [3.05, 3.63) is 48.3 Å². The zero-order chi connectivity index (χ0) is 14.7. The molecule has 0 unspecified atom stereocenters. The minimum absolute atomic E-state index is 0.802. The molecular formula is C16H21N5. The maximum absolute atomic E-state index is 4.80. The summed E-state index contributed by atoms with van der Waals surface area (Å²) in [5, 5.41) is 0. The number of para-hydroxylation sites is 1. The Kier molecular flexibility index (Phi) is 3.90. The van der Waals surface area contributed by atoms with Crippen LogP contribution in [0.2, 0.25) is 0 Å². The van der Waals surface area contributed by atoms with Crippen molar-refractivity contribution in [2.75, 3.05) is 13.1 Å². The van der Waals surface area contributed by atoms with Crippen LogP contribution in [-0.2, 0) is 14.1 Å². The normalized spacial score (nSPS) is 15.5. The number of hydrogen-bond acceptors (Lipinski definition) is 1. The van der Waals surface area contributed by atoms with Crippen LogP contribution in [-0.4, -0.2) is 33.1 Å². The number of nitrogens with zero attached hydrogens (tertiary/aromatic N) is 5. The summed E-state index contributed by atoms with van der Waals surface area (Å²) in [6.45, 7) is 2.06. The number of benzene rings is 1. The fraction of sp³-hybridized carbons (Fsp3) is 0.375. The van der Waals surface area contributed by atoms with Crippen molar-refractivity contribution >= 4 is 11.6 Å². The lowest BCUT2D eigenvalue weighted by atomic mass is 10.3. The van der Waals surface area contributed by atoms with Crippen LogP contribution in [0.5, 0.6) is 0 Å². The van der Waals surface area contributed by atoms with Crippen LogP contribution in [0.3, 0.4) is 0 Å². The maximum atomic E-state index is 4.80. The highest BCUT2D eigenvalue weighted by Gasteiger charge is 2.16. The lowest BCUT2D eigenvalue weighted by Gasteiger charge is -2.16. The Hall–Kier alpha value is -2.30. The van der Waals surface area contributed by atoms with Gasteiger partial charge in [0.15, 0.2) is 0 Å². The Morgan fingerprint density at radius 1 is 0.952 bits per heavy atom. The Morgan fingerprint density at radius 2 is 1.57 bits per heavy atom. The number of imidazole rings is 1. The van der Waals surface area contributed by atoms with Gasteiger partial charge in [-0.25, -0.2) is 4.99 Å². The van der Waals surface area contributed by atoms with Crippen LogP contribution in [0.1, 0.15) is 12.8 Å². The maximum Gasteiger partial charge on any atom is 0.229 e. The highest BCUT2D eigenvalue weighted by atomic mass is 15.3. The highest BCUT2D eigenvalue weighted by molar-refractivity contribution is 5.83. The fourth-order valence-corrected chi connectivity index (χ4v) is 2.53. The summed E-state index contributed by atoms with van der Waals surface area (Å²) in [6.07, 6.45) is 6.43. The number of guanidine groups is 1. The van der Waals surface area contributed by atoms with E-state index in [0.717, 1.165) is 30.4 Å². The first-order chi connectivity index (χ1) is 10.2. The van der Waals surface area contributed by atoms with Crippen LogP contribution in [0.4, 0.5) is 5.69 Å². The molecule has 0 bridgehead atoms. The Labute approximate surface area is 124 Å². The lowest BCUT2D eigenvalue weighted by Crippen LogP contribution is -2.31. The second-order valence-corrected chi connectivity index (χ2v) is 5.37. The highest BCUT2D eigenvalue weighted by Crippen LogP contribution is 2.15. The first kappa shape index (κ1) is 13.7. The molecule has 1 aliphatic heterocycles. The third-order valence-corrected chi connectivity index (χ3v) is 3.72. The molecule has 110 valence electrons. The minimum atomic E-state index is 0.802. The molecule has 1 aliphatic rings. The van der Waals surface area contributed by atoms with E-state index >= 15 is 0 Å². The van der Waals surface area contributed by atoms with Gasteiger partial charge in [0.1, 0.15) is 0 Å². The Morgan fingerprint density at radius 3 is 2.19 bits per heavy atom. The van der Waals surface area contributed by atoms with Gasteiger partial charge in [0.05, 0.1) is 5.69 Å². The SMILES string of the molecule is Cn1ccn(C)c1=NC(=Nc1ccccc1)N1CCCC1. The van der Waals surface area contributed by atoms with E-state index in [4.69, 9.17) is 9.98 Å². The average molecular weight is 283 g/mol. The summed E-state index contributed by atoms with van der Waals surface area (Å²) in [4.78, 5) is 11.8. The minimum Gasteiger partial charge on any atom is -0.341 e. The standard InChI is InChI=1S/C16H21N5/c1-19-12-13-20(2)16(19)18-15(21-10-6-7-11-21)17-14-8-4-3-5-9-14/h3-5,8-9,12-13H,6-7,10-11H2,1-2H3. The van der Waals surface area contributed by atoms with E-state index in [0.29, 0.717) is 0 Å². The van der Waals surface area contributed by atoms with Crippen molar-refractivity contribution in [1.29, 1.82) is 0 Å². The van der Waals surface area contributed by atoms with E-state index in [1.165, 1.54) is 12.8 Å². The molecule has 0 saturated carbocycles. The summed E-state index contributed by atoms with van der Waals surface area (Å²) >= 11 is 0. The molecule has 2 heterocycles. The van der Waals surface area contributed by atoms with Gasteiger partial charge in [0.2, 0.25) is 11.6 Å². The zero-order valence-electron chi connectivity index (χ0n) is 12.6. The molecule has 0 atom stereocenters. The van der Waals surface area contributed by atoms with Gasteiger partial charge in [-0.3, -0.25) is 0 Å². The van der Waals surface area contributed by atoms with Crippen molar-refractivity contribution in [2.45, 2.75) is 12.8 Å². The van der Waals surface area contributed by atoms with E-state index in [1.54, 1.807) is 0 Å². The van der Waals surface area contributed by atoms with Crippen molar-refractivity contribution < 1.29 is 0 Å². The summed E-state index contributed by atoms with van der Waals surface area (Å²) in [5.41, 5.74) is 1.84. The predicted molar refractivity (Wildman–Crippen MR) is 84.3 cm³/mol. The molecule has 1 saturated heterocycles. The van der Waals surface area contributed by atoms with Crippen LogP contribution in [0.25, 0.3) is 0 Å². The molecule has 0 spiro atoms. The number of rotatable bonds is 1. The number of aliphatic imine (C=N–C) groups is 1. The first-order valence-electron chi connectivity index (χ1n) is 7.35. The molecule has 0 aliphatic carbocycles. The molecule has 5 heteroatoms. The van der Waals surface area contributed by atoms with Crippen molar-refractivity contribution in [2.24, 2.45) is 24.1 Å².